The zero-order chi connectivity index (χ0) is 12.6. The van der Waals surface area contributed by atoms with Crippen molar-refractivity contribution in [3.05, 3.63) is 0 Å². The van der Waals surface area contributed by atoms with Crippen LogP contribution in [0.2, 0.25) is 18.1 Å². The van der Waals surface area contributed by atoms with E-state index >= 15 is 0 Å². The van der Waals surface area contributed by atoms with Gasteiger partial charge in [0.2, 0.25) is 0 Å². The molecule has 0 aromatic carbocycles. The fourth-order valence-electron chi connectivity index (χ4n) is 1.70. The van der Waals surface area contributed by atoms with Crippen LogP contribution in [0, 0.1) is 0 Å². The maximum atomic E-state index is 6.40. The van der Waals surface area contributed by atoms with Crippen molar-refractivity contribution in [1.82, 2.24) is 0 Å². The maximum Gasteiger partial charge on any atom is 0.192 e. The number of hydrogen-bond donors (Lipinski definition) is 0. The van der Waals surface area contributed by atoms with Gasteiger partial charge in [-0.25, -0.2) is 0 Å². The van der Waals surface area contributed by atoms with E-state index < -0.39 is 8.32 Å². The van der Waals surface area contributed by atoms with Crippen LogP contribution in [-0.2, 0) is 9.16 Å². The Kier molecular flexibility index (Phi) is 4.66. The highest BCUT2D eigenvalue weighted by molar-refractivity contribution is 9.09. The van der Waals surface area contributed by atoms with Gasteiger partial charge in [0.05, 0.1) is 18.3 Å². The van der Waals surface area contributed by atoms with Crippen molar-refractivity contribution < 1.29 is 9.16 Å². The Morgan fingerprint density at radius 2 is 1.94 bits per heavy atom. The van der Waals surface area contributed by atoms with Gasteiger partial charge in [0.15, 0.2) is 8.32 Å². The Bertz CT molecular complexity index is 238. The van der Waals surface area contributed by atoms with Crippen molar-refractivity contribution in [3.63, 3.8) is 0 Å². The van der Waals surface area contributed by atoms with Crippen LogP contribution in [0.5, 0.6) is 0 Å². The van der Waals surface area contributed by atoms with Gasteiger partial charge in [0.25, 0.3) is 0 Å². The van der Waals surface area contributed by atoms with E-state index in [0.717, 1.165) is 11.8 Å². The largest absolute Gasteiger partial charge is 0.411 e. The Hall–Kier alpha value is 0.617. The lowest BCUT2D eigenvalue weighted by atomic mass is 10.2. The van der Waals surface area contributed by atoms with Gasteiger partial charge in [-0.15, -0.1) is 0 Å². The molecular weight excluding hydrogens is 284 g/mol. The Labute approximate surface area is 109 Å². The summed E-state index contributed by atoms with van der Waals surface area (Å²) in [5, 5.41) is 1.19. The maximum absolute atomic E-state index is 6.40. The second kappa shape index (κ2) is 5.08. The first kappa shape index (κ1) is 14.7. The highest BCUT2D eigenvalue weighted by Gasteiger charge is 2.43. The zero-order valence-corrected chi connectivity index (χ0v) is 13.9. The van der Waals surface area contributed by atoms with E-state index in [0.29, 0.717) is 6.10 Å². The van der Waals surface area contributed by atoms with Crippen molar-refractivity contribution in [2.45, 2.75) is 70.6 Å². The topological polar surface area (TPSA) is 18.5 Å². The van der Waals surface area contributed by atoms with Gasteiger partial charge < -0.3 is 9.16 Å². The van der Waals surface area contributed by atoms with E-state index in [2.05, 4.69) is 56.7 Å². The quantitative estimate of drug-likeness (QED) is 0.580. The first-order chi connectivity index (χ1) is 7.17. The first-order valence-corrected chi connectivity index (χ1v) is 10.1. The normalized spacial score (nSPS) is 32.1. The van der Waals surface area contributed by atoms with Crippen LogP contribution in [0.1, 0.15) is 34.1 Å². The van der Waals surface area contributed by atoms with Gasteiger partial charge in [0, 0.05) is 11.8 Å². The number of rotatable bonds is 3. The molecule has 1 heterocycles. The fourth-order valence-corrected chi connectivity index (χ4v) is 3.51. The summed E-state index contributed by atoms with van der Waals surface area (Å²) in [4.78, 5) is 0. The van der Waals surface area contributed by atoms with E-state index in [1.807, 2.05) is 0 Å². The lowest BCUT2D eigenvalue weighted by molar-refractivity contribution is 0.0342. The monoisotopic (exact) mass is 308 g/mol. The second-order valence-corrected chi connectivity index (χ2v) is 11.7. The number of halogens is 1. The van der Waals surface area contributed by atoms with Gasteiger partial charge in [0.1, 0.15) is 0 Å². The Morgan fingerprint density at radius 1 is 1.38 bits per heavy atom. The van der Waals surface area contributed by atoms with E-state index in [4.69, 9.17) is 9.16 Å². The van der Waals surface area contributed by atoms with Crippen molar-refractivity contribution in [1.29, 1.82) is 0 Å². The molecule has 1 aliphatic rings. The molecule has 0 radical (unpaired) electrons. The smallest absolute Gasteiger partial charge is 0.192 e. The molecule has 1 saturated heterocycles. The summed E-state index contributed by atoms with van der Waals surface area (Å²) in [6.07, 6.45) is 1.86. The van der Waals surface area contributed by atoms with Crippen LogP contribution in [0.4, 0.5) is 0 Å². The minimum absolute atomic E-state index is 0.233. The predicted octanol–water partition coefficient (Wildman–Crippen LogP) is 3.95. The third-order valence-electron chi connectivity index (χ3n) is 3.85. The fraction of sp³-hybridized carbons (Fsp3) is 1.00. The summed E-state index contributed by atoms with van der Waals surface area (Å²) >= 11 is 3.48. The molecular formula is C12H25BrO2Si. The molecule has 1 rings (SSSR count). The molecule has 0 aromatic heterocycles. The highest BCUT2D eigenvalue weighted by atomic mass is 79.9. The third-order valence-corrected chi connectivity index (χ3v) is 9.08. The summed E-state index contributed by atoms with van der Waals surface area (Å²) in [7, 11) is -1.65. The molecule has 1 aliphatic heterocycles. The van der Waals surface area contributed by atoms with Crippen LogP contribution in [0.3, 0.4) is 0 Å². The number of alkyl halides is 1. The van der Waals surface area contributed by atoms with E-state index in [9.17, 15) is 0 Å². The molecule has 0 unspecified atom stereocenters. The van der Waals surface area contributed by atoms with Crippen LogP contribution < -0.4 is 0 Å². The molecule has 0 bridgehead atoms. The first-order valence-electron chi connectivity index (χ1n) is 6.06. The Balaban J connectivity index is 2.61. The lowest BCUT2D eigenvalue weighted by Gasteiger charge is -2.39. The van der Waals surface area contributed by atoms with Crippen molar-refractivity contribution >= 4 is 24.2 Å². The summed E-state index contributed by atoms with van der Waals surface area (Å²) < 4.78 is 12.2. The van der Waals surface area contributed by atoms with Crippen LogP contribution >= 0.6 is 15.9 Å². The van der Waals surface area contributed by atoms with Gasteiger partial charge in [-0.2, -0.15) is 0 Å². The van der Waals surface area contributed by atoms with Crippen molar-refractivity contribution in [3.8, 4) is 0 Å². The molecule has 0 aromatic rings. The van der Waals surface area contributed by atoms with Crippen LogP contribution in [-0.4, -0.2) is 32.0 Å². The molecule has 2 nitrogen and oxygen atoms in total. The molecule has 96 valence electrons. The summed E-state index contributed by atoms with van der Waals surface area (Å²) in [5.41, 5.74) is 0. The third kappa shape index (κ3) is 3.31. The minimum Gasteiger partial charge on any atom is -0.411 e. The van der Waals surface area contributed by atoms with E-state index in [1.165, 1.54) is 0 Å². The molecule has 0 saturated carbocycles. The molecule has 3 atom stereocenters. The second-order valence-electron chi connectivity index (χ2n) is 6.27. The molecule has 0 aliphatic carbocycles. The van der Waals surface area contributed by atoms with E-state index in [1.54, 1.807) is 0 Å². The average Bonchev–Trinajstić information content (AvgIpc) is 2.44. The van der Waals surface area contributed by atoms with Crippen molar-refractivity contribution in [2.75, 3.05) is 5.33 Å². The number of ether oxygens (including phenoxy) is 1. The molecule has 0 N–H and O–H groups in total. The number of hydrogen-bond acceptors (Lipinski definition) is 2. The molecule has 0 amide bonds. The minimum atomic E-state index is -1.65. The molecule has 1 fully saturated rings. The van der Waals surface area contributed by atoms with Crippen LogP contribution in [0.25, 0.3) is 0 Å². The summed E-state index contributed by atoms with van der Waals surface area (Å²) in [6, 6.07) is 0. The van der Waals surface area contributed by atoms with Crippen molar-refractivity contribution in [2.24, 2.45) is 0 Å². The molecule has 4 heteroatoms. The SMILES string of the molecule is C[C@@H]1O[C@@H](CBr)C[C@H]1O[Si](C)(C)C(C)(C)C. The van der Waals surface area contributed by atoms with Gasteiger partial charge in [-0.1, -0.05) is 36.7 Å². The molecule has 0 spiro atoms. The van der Waals surface area contributed by atoms with Gasteiger partial charge >= 0.3 is 0 Å². The van der Waals surface area contributed by atoms with Crippen LogP contribution in [0.15, 0.2) is 0 Å². The summed E-state index contributed by atoms with van der Waals surface area (Å²) in [5.74, 6) is 0. The van der Waals surface area contributed by atoms with Gasteiger partial charge in [-0.3, -0.25) is 0 Å². The average molecular weight is 309 g/mol. The standard InChI is InChI=1S/C12H25BrO2Si/c1-9-11(7-10(8-13)14-9)15-16(5,6)12(2,3)4/h9-11H,7-8H2,1-6H3/t9-,10+,11+/m0/s1. The predicted molar refractivity (Wildman–Crippen MR) is 74.8 cm³/mol. The van der Waals surface area contributed by atoms with Gasteiger partial charge in [-0.05, 0) is 25.1 Å². The molecule has 16 heavy (non-hydrogen) atoms. The highest BCUT2D eigenvalue weighted by Crippen LogP contribution is 2.39. The zero-order valence-electron chi connectivity index (χ0n) is 11.3. The summed E-state index contributed by atoms with van der Waals surface area (Å²) in [6.45, 7) is 13.6. The lowest BCUT2D eigenvalue weighted by Crippen LogP contribution is -2.45. The van der Waals surface area contributed by atoms with E-state index in [-0.39, 0.29) is 17.2 Å². The Morgan fingerprint density at radius 3 is 2.31 bits per heavy atom.